The summed E-state index contributed by atoms with van der Waals surface area (Å²) in [5, 5.41) is 9.54. The molecule has 2 aromatic heterocycles. The van der Waals surface area contributed by atoms with E-state index in [1.807, 2.05) is 43.3 Å². The molecule has 0 saturated carbocycles. The Morgan fingerprint density at radius 1 is 0.744 bits per heavy atom. The van der Waals surface area contributed by atoms with E-state index in [1.165, 1.54) is 0 Å². The molecule has 2 aromatic carbocycles. The summed E-state index contributed by atoms with van der Waals surface area (Å²) < 4.78 is 19.9. The van der Waals surface area contributed by atoms with Gasteiger partial charge in [-0.25, -0.2) is 24.1 Å². The topological polar surface area (TPSA) is 107 Å². The second kappa shape index (κ2) is 20.6. The summed E-state index contributed by atoms with van der Waals surface area (Å²) in [5.74, 6) is 1.35. The fourth-order valence-corrected chi connectivity index (χ4v) is 2.65. The zero-order valence-electron chi connectivity index (χ0n) is 20.7. The number of nitrogens with zero attached hydrogens (tertiary/aromatic N) is 4. The summed E-state index contributed by atoms with van der Waals surface area (Å²) in [6, 6.07) is 18.8. The highest BCUT2D eigenvalue weighted by atomic mass is 36.0. The minimum absolute atomic E-state index is 0.00188. The summed E-state index contributed by atoms with van der Waals surface area (Å²) >= 11 is 15.5. The van der Waals surface area contributed by atoms with Gasteiger partial charge in [-0.15, -0.1) is 34.8 Å². The van der Waals surface area contributed by atoms with Gasteiger partial charge in [0.1, 0.15) is 11.5 Å². The molecule has 2 heterocycles. The molecule has 0 aliphatic rings. The Hall–Kier alpha value is -2.24. The highest BCUT2D eigenvalue weighted by Gasteiger charge is 2.03. The lowest BCUT2D eigenvalue weighted by molar-refractivity contribution is 0.199. The maximum Gasteiger partial charge on any atom is 0.321 e. The Labute approximate surface area is 253 Å². The van der Waals surface area contributed by atoms with Crippen LogP contribution in [0, 0.1) is 0 Å². The first-order valence-electron chi connectivity index (χ1n) is 10.9. The molecule has 2 unspecified atom stereocenters. The van der Waals surface area contributed by atoms with Crippen LogP contribution in [0.1, 0.15) is 36.5 Å². The van der Waals surface area contributed by atoms with Crippen molar-refractivity contribution in [3.05, 3.63) is 96.6 Å². The van der Waals surface area contributed by atoms with E-state index < -0.39 is 15.3 Å². The third-order valence-corrected chi connectivity index (χ3v) is 4.46. The highest BCUT2D eigenvalue weighted by Crippen LogP contribution is 2.24. The first-order valence-corrected chi connectivity index (χ1v) is 15.2. The first kappa shape index (κ1) is 34.8. The molecular weight excluding hydrogens is 630 g/mol. The Morgan fingerprint density at radius 2 is 1.05 bits per heavy atom. The van der Waals surface area contributed by atoms with E-state index in [9.17, 15) is 5.11 Å². The van der Waals surface area contributed by atoms with Crippen molar-refractivity contribution in [3.63, 3.8) is 0 Å². The zero-order valence-corrected chi connectivity index (χ0v) is 25.3. The van der Waals surface area contributed by atoms with Gasteiger partial charge in [0, 0.05) is 46.2 Å². The van der Waals surface area contributed by atoms with Gasteiger partial charge in [0.15, 0.2) is 0 Å². The smallest absolute Gasteiger partial charge is 0.321 e. The summed E-state index contributed by atoms with van der Waals surface area (Å²) in [5.41, 5.74) is 1.91. The Kier molecular flexibility index (Phi) is 18.4. The highest BCUT2D eigenvalue weighted by molar-refractivity contribution is 8.26. The van der Waals surface area contributed by atoms with Crippen LogP contribution in [0.15, 0.2) is 85.5 Å². The van der Waals surface area contributed by atoms with Crippen molar-refractivity contribution < 1.29 is 18.8 Å². The van der Waals surface area contributed by atoms with Crippen LogP contribution in [0.3, 0.4) is 0 Å². The van der Waals surface area contributed by atoms with E-state index in [0.29, 0.717) is 23.5 Å². The Balaban J connectivity index is 0.000000316. The molecule has 14 heteroatoms. The molecule has 0 bridgehead atoms. The van der Waals surface area contributed by atoms with Crippen LogP contribution in [-0.4, -0.2) is 34.6 Å². The molecule has 0 fully saturated rings. The molecule has 0 aliphatic heterocycles. The summed E-state index contributed by atoms with van der Waals surface area (Å²) in [4.78, 5) is 15.8. The number of hydrogen-bond donors (Lipinski definition) is 1. The predicted molar refractivity (Wildman–Crippen MR) is 158 cm³/mol. The standard InChI is InChI=1S/C12H11ClN2O.C12H12N2O2.CH2Cl2.Cl2OS/c1-9(13)10-3-5-11(6-4-10)16-12-14-7-2-8-15-12;1-9(15)10-3-5-11(6-4-10)16-12-13-7-2-8-14-12;2-1-3;1-4(2)3/h2-9H,1H3;2-9,15H,1H3;1H2;. The summed E-state index contributed by atoms with van der Waals surface area (Å²) in [6.45, 7) is 3.65. The van der Waals surface area contributed by atoms with Gasteiger partial charge in [-0.3, -0.25) is 0 Å². The van der Waals surface area contributed by atoms with E-state index in [-0.39, 0.29) is 10.7 Å². The van der Waals surface area contributed by atoms with Crippen LogP contribution >= 0.6 is 56.2 Å². The normalized spacial score (nSPS) is 11.3. The molecule has 0 amide bonds. The van der Waals surface area contributed by atoms with Gasteiger partial charge in [0.05, 0.1) is 16.8 Å². The van der Waals surface area contributed by atoms with Gasteiger partial charge in [0.25, 0.3) is 0 Å². The number of rotatable bonds is 6. The molecule has 2 atom stereocenters. The Morgan fingerprint density at radius 3 is 1.33 bits per heavy atom. The SMILES string of the molecule is CC(Cl)c1ccc(Oc2ncccn2)cc1.CC(O)c1ccc(Oc2ncccn2)cc1.ClCCl.O=S(Cl)Cl. The monoisotopic (exact) mass is 652 g/mol. The van der Waals surface area contributed by atoms with Gasteiger partial charge >= 0.3 is 12.0 Å². The van der Waals surface area contributed by atoms with Crippen LogP contribution in [0.2, 0.25) is 0 Å². The molecule has 8 nitrogen and oxygen atoms in total. The summed E-state index contributed by atoms with van der Waals surface area (Å²) in [6.07, 6.45) is 6.04. The fraction of sp³-hybridized carbons (Fsp3) is 0.200. The maximum atomic E-state index is 9.34. The molecule has 0 spiro atoms. The van der Waals surface area contributed by atoms with Crippen molar-refractivity contribution in [3.8, 4) is 23.5 Å². The molecule has 210 valence electrons. The molecule has 0 aliphatic carbocycles. The van der Waals surface area contributed by atoms with Crippen molar-refractivity contribution in [1.82, 2.24) is 19.9 Å². The van der Waals surface area contributed by atoms with Gasteiger partial charge in [-0.2, -0.15) is 0 Å². The fourth-order valence-electron chi connectivity index (χ4n) is 2.50. The van der Waals surface area contributed by atoms with E-state index in [0.717, 1.165) is 11.1 Å². The quantitative estimate of drug-likeness (QED) is 0.163. The summed E-state index contributed by atoms with van der Waals surface area (Å²) in [7, 11) is 7.36. The first-order chi connectivity index (χ1) is 18.7. The number of aliphatic hydroxyl groups is 1. The van der Waals surface area contributed by atoms with Crippen LogP contribution in [0.25, 0.3) is 0 Å². The number of aromatic nitrogens is 4. The Bertz CT molecular complexity index is 1100. The number of ether oxygens (including phenoxy) is 2. The van der Waals surface area contributed by atoms with Crippen molar-refractivity contribution in [1.29, 1.82) is 0 Å². The second-order valence-electron chi connectivity index (χ2n) is 6.98. The predicted octanol–water partition coefficient (Wildman–Crippen LogP) is 8.36. The lowest BCUT2D eigenvalue weighted by Crippen LogP contribution is -1.92. The van der Waals surface area contributed by atoms with E-state index in [1.54, 1.807) is 56.0 Å². The number of alkyl halides is 3. The zero-order chi connectivity index (χ0) is 29.0. The van der Waals surface area contributed by atoms with Gasteiger partial charge < -0.3 is 14.6 Å². The number of hydrogen-bond acceptors (Lipinski definition) is 8. The van der Waals surface area contributed by atoms with Gasteiger partial charge in [-0.1, -0.05) is 24.3 Å². The lowest BCUT2D eigenvalue weighted by Gasteiger charge is -2.06. The molecule has 0 saturated heterocycles. The molecule has 1 N–H and O–H groups in total. The van der Waals surface area contributed by atoms with E-state index in [2.05, 4.69) is 41.3 Å². The number of aliphatic hydroxyl groups excluding tert-OH is 1. The van der Waals surface area contributed by atoms with Crippen molar-refractivity contribution >= 4 is 65.4 Å². The van der Waals surface area contributed by atoms with Crippen molar-refractivity contribution in [2.75, 3.05) is 5.34 Å². The number of halogens is 5. The molecule has 4 rings (SSSR count). The second-order valence-corrected chi connectivity index (χ2v) is 11.0. The molecular formula is C25H25Cl5N4O4S. The lowest BCUT2D eigenvalue weighted by atomic mass is 10.1. The van der Waals surface area contributed by atoms with Crippen LogP contribution < -0.4 is 9.47 Å². The number of benzene rings is 2. The van der Waals surface area contributed by atoms with Gasteiger partial charge in [0.2, 0.25) is 9.23 Å². The molecule has 39 heavy (non-hydrogen) atoms. The van der Waals surface area contributed by atoms with Gasteiger partial charge in [-0.05, 0) is 61.4 Å². The van der Waals surface area contributed by atoms with Crippen LogP contribution in [-0.2, 0) is 9.23 Å². The maximum absolute atomic E-state index is 9.34. The largest absolute Gasteiger partial charge is 0.424 e. The minimum Gasteiger partial charge on any atom is -0.424 e. The minimum atomic E-state index is -1.67. The molecule has 4 aromatic rings. The third-order valence-electron chi connectivity index (χ3n) is 4.20. The van der Waals surface area contributed by atoms with Crippen LogP contribution in [0.4, 0.5) is 0 Å². The van der Waals surface area contributed by atoms with E-state index in [4.69, 9.17) is 48.5 Å². The van der Waals surface area contributed by atoms with E-state index >= 15 is 0 Å². The average molecular weight is 655 g/mol. The van der Waals surface area contributed by atoms with Crippen molar-refractivity contribution in [2.45, 2.75) is 25.3 Å². The average Bonchev–Trinajstić information content (AvgIpc) is 2.91. The van der Waals surface area contributed by atoms with Crippen molar-refractivity contribution in [2.24, 2.45) is 0 Å². The molecule has 0 radical (unpaired) electrons. The third kappa shape index (κ3) is 16.5. The van der Waals surface area contributed by atoms with Crippen LogP contribution in [0.5, 0.6) is 23.5 Å².